The number of aryl methyl sites for hydroxylation is 1. The van der Waals surface area contributed by atoms with Crippen LogP contribution in [0, 0.1) is 0 Å². The summed E-state index contributed by atoms with van der Waals surface area (Å²) in [5.41, 5.74) is 1.36. The summed E-state index contributed by atoms with van der Waals surface area (Å²) < 4.78 is 4.72. The number of hydrogen-bond donors (Lipinski definition) is 0. The monoisotopic (exact) mass is 234 g/mol. The molecule has 0 bridgehead atoms. The van der Waals surface area contributed by atoms with Crippen LogP contribution in [0.3, 0.4) is 0 Å². The van der Waals surface area contributed by atoms with Crippen molar-refractivity contribution in [1.29, 1.82) is 0 Å². The van der Waals surface area contributed by atoms with E-state index in [4.69, 9.17) is 4.74 Å². The first kappa shape index (κ1) is 12.0. The van der Waals surface area contributed by atoms with Gasteiger partial charge in [0.2, 0.25) is 0 Å². The molecule has 2 rings (SSSR count). The first-order valence-corrected chi connectivity index (χ1v) is 6.20. The van der Waals surface area contributed by atoms with Gasteiger partial charge < -0.3 is 4.74 Å². The van der Waals surface area contributed by atoms with Crippen LogP contribution in [-0.2, 0) is 11.2 Å². The van der Waals surface area contributed by atoms with Crippen molar-refractivity contribution in [2.45, 2.75) is 44.9 Å². The average molecular weight is 234 g/mol. The Bertz CT molecular complexity index is 414. The summed E-state index contributed by atoms with van der Waals surface area (Å²) in [5, 5.41) is 0. The fourth-order valence-electron chi connectivity index (χ4n) is 1.74. The smallest absolute Gasteiger partial charge is 0.356 e. The number of aromatic nitrogens is 2. The van der Waals surface area contributed by atoms with E-state index in [0.717, 1.165) is 43.6 Å². The summed E-state index contributed by atoms with van der Waals surface area (Å²) in [6, 6.07) is 1.76. The molecule has 4 nitrogen and oxygen atoms in total. The Balaban J connectivity index is 2.25. The maximum Gasteiger partial charge on any atom is 0.356 e. The van der Waals surface area contributed by atoms with Crippen LogP contribution in [0.15, 0.2) is 6.07 Å². The van der Waals surface area contributed by atoms with Crippen molar-refractivity contribution in [3.05, 3.63) is 23.3 Å². The Morgan fingerprint density at radius 2 is 2.24 bits per heavy atom. The molecule has 0 unspecified atom stereocenters. The maximum atomic E-state index is 11.5. The summed E-state index contributed by atoms with van der Waals surface area (Å²) >= 11 is 0. The van der Waals surface area contributed by atoms with Crippen LogP contribution >= 0.6 is 0 Å². The normalized spacial score (nSPS) is 14.7. The fourth-order valence-corrected chi connectivity index (χ4v) is 1.74. The van der Waals surface area contributed by atoms with Gasteiger partial charge in [0.15, 0.2) is 5.69 Å². The topological polar surface area (TPSA) is 52.1 Å². The molecule has 92 valence electrons. The van der Waals surface area contributed by atoms with Gasteiger partial charge in [-0.1, -0.05) is 13.3 Å². The maximum absolute atomic E-state index is 11.5. The van der Waals surface area contributed by atoms with Gasteiger partial charge in [0, 0.05) is 11.6 Å². The molecule has 1 heterocycles. The Hall–Kier alpha value is -1.45. The molecule has 4 heteroatoms. The number of ether oxygens (including phenoxy) is 1. The lowest BCUT2D eigenvalue weighted by atomic mass is 10.1. The molecule has 1 aliphatic carbocycles. The molecule has 1 aliphatic rings. The van der Waals surface area contributed by atoms with Crippen LogP contribution in [0.4, 0.5) is 0 Å². The minimum Gasteiger partial charge on any atom is -0.464 e. The number of esters is 1. The predicted molar refractivity (Wildman–Crippen MR) is 64.0 cm³/mol. The second-order valence-corrected chi connectivity index (χ2v) is 4.47. The lowest BCUT2D eigenvalue weighted by Crippen LogP contribution is -2.09. The van der Waals surface area contributed by atoms with Crippen LogP contribution in [0.1, 0.15) is 60.5 Å². The van der Waals surface area contributed by atoms with Crippen molar-refractivity contribution in [2.24, 2.45) is 0 Å². The lowest BCUT2D eigenvalue weighted by molar-refractivity contribution is 0.0593. The molecular weight excluding hydrogens is 216 g/mol. The highest BCUT2D eigenvalue weighted by Gasteiger charge is 2.28. The van der Waals surface area contributed by atoms with Crippen molar-refractivity contribution >= 4 is 5.97 Å². The van der Waals surface area contributed by atoms with Gasteiger partial charge in [-0.25, -0.2) is 14.8 Å². The third-order valence-electron chi connectivity index (χ3n) is 2.92. The van der Waals surface area contributed by atoms with E-state index in [0.29, 0.717) is 11.6 Å². The predicted octanol–water partition coefficient (Wildman–Crippen LogP) is 2.48. The van der Waals surface area contributed by atoms with E-state index in [1.807, 2.05) is 0 Å². The van der Waals surface area contributed by atoms with Gasteiger partial charge in [0.25, 0.3) is 0 Å². The Morgan fingerprint density at radius 3 is 2.82 bits per heavy atom. The lowest BCUT2D eigenvalue weighted by Gasteiger charge is -2.06. The molecule has 1 fully saturated rings. The Kier molecular flexibility index (Phi) is 3.71. The van der Waals surface area contributed by atoms with Crippen molar-refractivity contribution in [2.75, 3.05) is 7.11 Å². The van der Waals surface area contributed by atoms with Gasteiger partial charge in [-0.15, -0.1) is 0 Å². The summed E-state index contributed by atoms with van der Waals surface area (Å²) in [6.07, 6.45) is 5.39. The molecule has 0 saturated heterocycles. The quantitative estimate of drug-likeness (QED) is 0.734. The number of methoxy groups -OCH3 is 1. The summed E-state index contributed by atoms with van der Waals surface area (Å²) in [6.45, 7) is 2.14. The van der Waals surface area contributed by atoms with Crippen LogP contribution in [0.25, 0.3) is 0 Å². The molecule has 17 heavy (non-hydrogen) atoms. The minimum atomic E-state index is -0.368. The SMILES string of the molecule is CCCCc1cc(C(=O)OC)nc(C2CC2)n1. The first-order chi connectivity index (χ1) is 8.24. The molecule has 1 aromatic heterocycles. The van der Waals surface area contributed by atoms with E-state index in [1.165, 1.54) is 7.11 Å². The van der Waals surface area contributed by atoms with Gasteiger partial charge in [0.05, 0.1) is 7.11 Å². The van der Waals surface area contributed by atoms with Crippen LogP contribution in [0.2, 0.25) is 0 Å². The molecule has 0 atom stereocenters. The Labute approximate surface area is 101 Å². The van der Waals surface area contributed by atoms with Gasteiger partial charge >= 0.3 is 5.97 Å². The van der Waals surface area contributed by atoms with Crippen LogP contribution in [0.5, 0.6) is 0 Å². The number of hydrogen-bond acceptors (Lipinski definition) is 4. The van der Waals surface area contributed by atoms with Gasteiger partial charge in [-0.3, -0.25) is 0 Å². The fraction of sp³-hybridized carbons (Fsp3) is 0.615. The van der Waals surface area contributed by atoms with Crippen molar-refractivity contribution in [3.8, 4) is 0 Å². The second-order valence-electron chi connectivity index (χ2n) is 4.47. The number of rotatable bonds is 5. The molecule has 1 saturated carbocycles. The molecule has 0 spiro atoms. The van der Waals surface area contributed by atoms with E-state index in [-0.39, 0.29) is 5.97 Å². The van der Waals surface area contributed by atoms with Crippen molar-refractivity contribution in [1.82, 2.24) is 9.97 Å². The minimum absolute atomic E-state index is 0.368. The Morgan fingerprint density at radius 1 is 1.47 bits per heavy atom. The molecule has 0 N–H and O–H groups in total. The molecular formula is C13H18N2O2. The zero-order chi connectivity index (χ0) is 12.3. The highest BCUT2D eigenvalue weighted by molar-refractivity contribution is 5.87. The number of unbranched alkanes of at least 4 members (excludes halogenated alkanes) is 1. The molecule has 0 aliphatic heterocycles. The number of carbonyl (C=O) groups excluding carboxylic acids is 1. The largest absolute Gasteiger partial charge is 0.464 e. The summed E-state index contributed by atoms with van der Waals surface area (Å²) in [5.74, 6) is 0.908. The number of carbonyl (C=O) groups is 1. The van der Waals surface area contributed by atoms with E-state index in [2.05, 4.69) is 16.9 Å². The van der Waals surface area contributed by atoms with E-state index in [1.54, 1.807) is 6.07 Å². The third kappa shape index (κ3) is 3.02. The molecule has 0 amide bonds. The summed E-state index contributed by atoms with van der Waals surface area (Å²) in [7, 11) is 1.38. The van der Waals surface area contributed by atoms with Gasteiger partial charge in [0.1, 0.15) is 5.82 Å². The first-order valence-electron chi connectivity index (χ1n) is 6.20. The van der Waals surface area contributed by atoms with E-state index < -0.39 is 0 Å². The standard InChI is InChI=1S/C13H18N2O2/c1-3-4-5-10-8-11(13(16)17-2)15-12(14-10)9-6-7-9/h8-9H,3-7H2,1-2H3. The van der Waals surface area contributed by atoms with Gasteiger partial charge in [-0.2, -0.15) is 0 Å². The van der Waals surface area contributed by atoms with Gasteiger partial charge in [-0.05, 0) is 31.7 Å². The average Bonchev–Trinajstić information content (AvgIpc) is 3.19. The molecule has 0 radical (unpaired) electrons. The van der Waals surface area contributed by atoms with Crippen LogP contribution in [-0.4, -0.2) is 23.0 Å². The third-order valence-corrected chi connectivity index (χ3v) is 2.92. The summed E-state index contributed by atoms with van der Waals surface area (Å²) in [4.78, 5) is 20.3. The van der Waals surface area contributed by atoms with Crippen molar-refractivity contribution in [3.63, 3.8) is 0 Å². The molecule has 0 aromatic carbocycles. The van der Waals surface area contributed by atoms with Crippen molar-refractivity contribution < 1.29 is 9.53 Å². The highest BCUT2D eigenvalue weighted by Crippen LogP contribution is 2.38. The van der Waals surface area contributed by atoms with E-state index in [9.17, 15) is 4.79 Å². The highest BCUT2D eigenvalue weighted by atomic mass is 16.5. The zero-order valence-electron chi connectivity index (χ0n) is 10.4. The van der Waals surface area contributed by atoms with Crippen LogP contribution < -0.4 is 0 Å². The van der Waals surface area contributed by atoms with E-state index >= 15 is 0 Å². The zero-order valence-corrected chi connectivity index (χ0v) is 10.4. The molecule has 1 aromatic rings. The second kappa shape index (κ2) is 5.25. The number of nitrogens with zero attached hydrogens (tertiary/aromatic N) is 2.